The van der Waals surface area contributed by atoms with Crippen LogP contribution in [0.3, 0.4) is 0 Å². The van der Waals surface area contributed by atoms with Crippen LogP contribution < -0.4 is 9.67 Å². The molecule has 0 saturated heterocycles. The molecule has 0 amide bonds. The quantitative estimate of drug-likeness (QED) is 0.534. The van der Waals surface area contributed by atoms with Crippen LogP contribution in [0, 0.1) is 0 Å². The van der Waals surface area contributed by atoms with Crippen molar-refractivity contribution in [3.05, 3.63) is 18.7 Å². The molecule has 5 nitrogen and oxygen atoms in total. The van der Waals surface area contributed by atoms with E-state index >= 15 is 0 Å². The van der Waals surface area contributed by atoms with E-state index in [1.807, 2.05) is 12.5 Å². The molecule has 0 aromatic carbocycles. The monoisotopic (exact) mass is 270 g/mol. The summed E-state index contributed by atoms with van der Waals surface area (Å²) in [5, 5.41) is 15.3. The SMILES string of the molecule is CCCCCCCCCC[n+]1cc[nH]c1.O=C([O-])O. The number of hydrogen-bond donors (Lipinski definition) is 2. The Morgan fingerprint density at radius 3 is 2.16 bits per heavy atom. The molecule has 1 heterocycles. The number of rotatable bonds is 9. The lowest BCUT2D eigenvalue weighted by Crippen LogP contribution is -2.30. The lowest BCUT2D eigenvalue weighted by molar-refractivity contribution is -0.696. The van der Waals surface area contributed by atoms with Gasteiger partial charge in [-0.2, -0.15) is 0 Å². The highest BCUT2D eigenvalue weighted by Crippen LogP contribution is 2.07. The van der Waals surface area contributed by atoms with Gasteiger partial charge in [-0.15, -0.1) is 0 Å². The second-order valence-electron chi connectivity index (χ2n) is 4.59. The molecule has 1 rings (SSSR count). The van der Waals surface area contributed by atoms with Gasteiger partial charge in [0.2, 0.25) is 12.5 Å². The summed E-state index contributed by atoms with van der Waals surface area (Å²) < 4.78 is 2.22. The van der Waals surface area contributed by atoms with Crippen LogP contribution in [0.25, 0.3) is 0 Å². The first kappa shape index (κ1) is 17.5. The lowest BCUT2D eigenvalue weighted by Gasteiger charge is -2.00. The van der Waals surface area contributed by atoms with E-state index in [2.05, 4.69) is 22.7 Å². The third-order valence-corrected chi connectivity index (χ3v) is 2.87. The van der Waals surface area contributed by atoms with Gasteiger partial charge in [-0.05, 0) is 12.8 Å². The average molecular weight is 270 g/mol. The van der Waals surface area contributed by atoms with E-state index in [0.29, 0.717) is 0 Å². The molecule has 2 N–H and O–H groups in total. The largest absolute Gasteiger partial charge is 0.565 e. The van der Waals surface area contributed by atoms with Crippen LogP contribution in [0.1, 0.15) is 58.3 Å². The van der Waals surface area contributed by atoms with Crippen LogP contribution in [0.5, 0.6) is 0 Å². The van der Waals surface area contributed by atoms with Gasteiger partial charge in [-0.3, -0.25) is 4.98 Å². The molecule has 0 aliphatic rings. The average Bonchev–Trinajstić information content (AvgIpc) is 2.85. The summed E-state index contributed by atoms with van der Waals surface area (Å²) in [6.45, 7) is 3.44. The number of hydrogen-bond acceptors (Lipinski definition) is 2. The van der Waals surface area contributed by atoms with E-state index in [4.69, 9.17) is 15.0 Å². The van der Waals surface area contributed by atoms with E-state index < -0.39 is 6.16 Å². The maximum Gasteiger partial charge on any atom is 0.249 e. The Labute approximate surface area is 115 Å². The molecule has 0 bridgehead atoms. The Morgan fingerprint density at radius 1 is 1.16 bits per heavy atom. The number of nitrogens with one attached hydrogen (secondary N) is 1. The molecule has 0 aliphatic carbocycles. The number of imidazole rings is 1. The number of nitrogens with zero attached hydrogens (tertiary/aromatic N) is 1. The molecule has 0 fully saturated rings. The smallest absolute Gasteiger partial charge is 0.249 e. The number of aryl methyl sites for hydroxylation is 1. The standard InChI is InChI=1S/C13H24N2.CH2O3/c1-2-3-4-5-6-7-8-9-11-15-12-10-14-13-15;2-1(3)4/h10,12-13H,2-9,11H2,1H3;(H2,2,3,4). The predicted octanol–water partition coefficient (Wildman–Crippen LogP) is 2.33. The van der Waals surface area contributed by atoms with Gasteiger partial charge in [0.25, 0.3) is 0 Å². The summed E-state index contributed by atoms with van der Waals surface area (Å²) in [5.41, 5.74) is 0. The third-order valence-electron chi connectivity index (χ3n) is 2.87. The fourth-order valence-electron chi connectivity index (χ4n) is 1.89. The Hall–Kier alpha value is -1.52. The number of carboxylic acid groups (broad SMARTS) is 2. The van der Waals surface area contributed by atoms with Crippen molar-refractivity contribution in [1.82, 2.24) is 4.98 Å². The summed E-state index contributed by atoms with van der Waals surface area (Å²) in [6, 6.07) is 0. The fraction of sp³-hybridized carbons (Fsp3) is 0.714. The Morgan fingerprint density at radius 2 is 1.68 bits per heavy atom. The minimum atomic E-state index is -2.08. The highest BCUT2D eigenvalue weighted by Gasteiger charge is 1.96. The van der Waals surface area contributed by atoms with E-state index in [0.717, 1.165) is 0 Å². The number of carbonyl (C=O) groups is 1. The summed E-state index contributed by atoms with van der Waals surface area (Å²) in [5.74, 6) is 0. The first-order chi connectivity index (χ1) is 9.16. The minimum absolute atomic E-state index is 1.17. The van der Waals surface area contributed by atoms with Gasteiger partial charge in [0.05, 0.1) is 6.54 Å². The van der Waals surface area contributed by atoms with Crippen LogP contribution in [-0.2, 0) is 6.54 Å². The van der Waals surface area contributed by atoms with Gasteiger partial charge in [-0.25, -0.2) is 4.57 Å². The summed E-state index contributed by atoms with van der Waals surface area (Å²) in [7, 11) is 0. The molecule has 0 unspecified atom stereocenters. The highest BCUT2D eigenvalue weighted by atomic mass is 16.6. The maximum atomic E-state index is 8.44. The van der Waals surface area contributed by atoms with E-state index in [9.17, 15) is 0 Å². The van der Waals surface area contributed by atoms with E-state index in [1.54, 1.807) is 0 Å². The van der Waals surface area contributed by atoms with E-state index in [-0.39, 0.29) is 0 Å². The summed E-state index contributed by atoms with van der Waals surface area (Å²) in [4.78, 5) is 11.5. The van der Waals surface area contributed by atoms with Crippen molar-refractivity contribution in [3.8, 4) is 0 Å². The fourth-order valence-corrected chi connectivity index (χ4v) is 1.89. The van der Waals surface area contributed by atoms with Crippen molar-refractivity contribution in [2.75, 3.05) is 0 Å². The van der Waals surface area contributed by atoms with Crippen LogP contribution in [0.2, 0.25) is 0 Å². The second kappa shape index (κ2) is 12.9. The molecule has 19 heavy (non-hydrogen) atoms. The first-order valence-electron chi connectivity index (χ1n) is 7.08. The molecule has 0 aliphatic heterocycles. The van der Waals surface area contributed by atoms with Crippen molar-refractivity contribution in [3.63, 3.8) is 0 Å². The molecule has 0 saturated carbocycles. The number of aromatic amines is 1. The molecular formula is C14H26N2O3. The zero-order chi connectivity index (χ0) is 14.3. The maximum absolute atomic E-state index is 8.44. The molecule has 0 atom stereocenters. The van der Waals surface area contributed by atoms with Gasteiger partial charge in [0.1, 0.15) is 12.4 Å². The Balaban J connectivity index is 0.000000711. The van der Waals surface area contributed by atoms with Crippen LogP contribution in [-0.4, -0.2) is 16.2 Å². The van der Waals surface area contributed by atoms with Crippen molar-refractivity contribution in [2.45, 2.75) is 64.8 Å². The van der Waals surface area contributed by atoms with Gasteiger partial charge >= 0.3 is 0 Å². The zero-order valence-electron chi connectivity index (χ0n) is 11.8. The molecule has 110 valence electrons. The van der Waals surface area contributed by atoms with Crippen molar-refractivity contribution in [1.29, 1.82) is 0 Å². The van der Waals surface area contributed by atoms with Crippen molar-refractivity contribution >= 4 is 6.16 Å². The van der Waals surface area contributed by atoms with Crippen LogP contribution >= 0.6 is 0 Å². The third kappa shape index (κ3) is 14.4. The summed E-state index contributed by atoms with van der Waals surface area (Å²) >= 11 is 0. The summed E-state index contributed by atoms with van der Waals surface area (Å²) in [6.07, 6.45) is 15.2. The highest BCUT2D eigenvalue weighted by molar-refractivity contribution is 5.50. The molecule has 5 heteroatoms. The van der Waals surface area contributed by atoms with Gasteiger partial charge in [-0.1, -0.05) is 45.4 Å². The molecular weight excluding hydrogens is 244 g/mol. The number of unbranched alkanes of at least 4 members (excludes halogenated alkanes) is 7. The zero-order valence-corrected chi connectivity index (χ0v) is 11.8. The van der Waals surface area contributed by atoms with Gasteiger partial charge in [0.15, 0.2) is 0 Å². The van der Waals surface area contributed by atoms with Crippen molar-refractivity contribution in [2.24, 2.45) is 0 Å². The predicted molar refractivity (Wildman–Crippen MR) is 71.6 cm³/mol. The molecule has 0 radical (unpaired) electrons. The lowest BCUT2D eigenvalue weighted by atomic mass is 10.1. The molecule has 1 aromatic heterocycles. The Bertz CT molecular complexity index is 296. The Kier molecular flexibility index (Phi) is 11.9. The van der Waals surface area contributed by atoms with Gasteiger partial charge < -0.3 is 15.0 Å². The number of H-pyrrole nitrogens is 1. The normalized spacial score (nSPS) is 9.74. The van der Waals surface area contributed by atoms with Crippen molar-refractivity contribution < 1.29 is 19.6 Å². The first-order valence-corrected chi connectivity index (χ1v) is 7.08. The second-order valence-corrected chi connectivity index (χ2v) is 4.59. The molecule has 1 aromatic rings. The minimum Gasteiger partial charge on any atom is -0.565 e. The van der Waals surface area contributed by atoms with E-state index in [1.165, 1.54) is 57.9 Å². The van der Waals surface area contributed by atoms with Gasteiger partial charge in [0, 0.05) is 0 Å². The topological polar surface area (TPSA) is 80.0 Å². The van der Waals surface area contributed by atoms with Crippen LogP contribution in [0.15, 0.2) is 18.7 Å². The molecule has 0 spiro atoms. The number of aromatic nitrogens is 2. The van der Waals surface area contributed by atoms with Crippen LogP contribution in [0.4, 0.5) is 4.79 Å².